The Morgan fingerprint density at radius 2 is 1.96 bits per heavy atom. The second-order valence-corrected chi connectivity index (χ2v) is 9.05. The number of ether oxygens (including phenoxy) is 1. The molecule has 1 saturated carbocycles. The number of carbonyl (C=O) groups is 1. The third kappa shape index (κ3) is 2.66. The third-order valence-electron chi connectivity index (χ3n) is 7.40. The number of fused-ring (bicyclic) bond motifs is 2. The molecule has 1 aromatic rings. The zero-order valence-corrected chi connectivity index (χ0v) is 16.2. The number of hydrogen-bond donors (Lipinski definition) is 0. The molecule has 0 aromatic heterocycles. The van der Waals surface area contributed by atoms with E-state index in [2.05, 4.69) is 19.1 Å². The number of hydrogen-bond acceptors (Lipinski definition) is 4. The number of benzene rings is 1. The molecular formula is C22H29NO4. The van der Waals surface area contributed by atoms with Crippen LogP contribution >= 0.6 is 0 Å². The van der Waals surface area contributed by atoms with E-state index < -0.39 is 11.4 Å². The predicted molar refractivity (Wildman–Crippen MR) is 99.3 cm³/mol. The van der Waals surface area contributed by atoms with Crippen LogP contribution in [0.15, 0.2) is 30.3 Å². The van der Waals surface area contributed by atoms with E-state index in [1.165, 1.54) is 5.56 Å². The van der Waals surface area contributed by atoms with Crippen LogP contribution in [0.5, 0.6) is 0 Å². The van der Waals surface area contributed by atoms with Gasteiger partial charge in [0, 0.05) is 25.3 Å². The van der Waals surface area contributed by atoms with Crippen LogP contribution in [0.2, 0.25) is 0 Å². The Morgan fingerprint density at radius 1 is 1.15 bits per heavy atom. The van der Waals surface area contributed by atoms with Crippen molar-refractivity contribution in [2.75, 3.05) is 6.54 Å². The average molecular weight is 371 g/mol. The van der Waals surface area contributed by atoms with Crippen LogP contribution in [0.1, 0.15) is 51.5 Å². The lowest BCUT2D eigenvalue weighted by atomic mass is 9.59. The minimum absolute atomic E-state index is 0.187. The molecule has 4 heterocycles. The van der Waals surface area contributed by atoms with Gasteiger partial charge in [-0.1, -0.05) is 37.3 Å². The summed E-state index contributed by atoms with van der Waals surface area (Å²) in [6, 6.07) is 10.3. The van der Waals surface area contributed by atoms with Crippen molar-refractivity contribution in [3.8, 4) is 0 Å². The van der Waals surface area contributed by atoms with Gasteiger partial charge >= 0.3 is 0 Å². The Labute approximate surface area is 160 Å². The van der Waals surface area contributed by atoms with Gasteiger partial charge in [-0.05, 0) is 50.0 Å². The molecule has 5 heteroatoms. The maximum Gasteiger partial charge on any atom is 0.225 e. The van der Waals surface area contributed by atoms with Crippen molar-refractivity contribution in [2.24, 2.45) is 17.8 Å². The highest BCUT2D eigenvalue weighted by Crippen LogP contribution is 2.59. The molecule has 5 fully saturated rings. The summed E-state index contributed by atoms with van der Waals surface area (Å²) in [7, 11) is 0. The fourth-order valence-electron chi connectivity index (χ4n) is 5.89. The Morgan fingerprint density at radius 3 is 2.78 bits per heavy atom. The van der Waals surface area contributed by atoms with Gasteiger partial charge in [0.15, 0.2) is 11.8 Å². The van der Waals surface area contributed by atoms with Gasteiger partial charge in [0.05, 0.1) is 0 Å². The summed E-state index contributed by atoms with van der Waals surface area (Å²) in [5, 5.41) is 0. The molecule has 1 amide bonds. The molecule has 27 heavy (non-hydrogen) atoms. The van der Waals surface area contributed by atoms with Gasteiger partial charge in [-0.25, -0.2) is 9.78 Å². The molecule has 1 aromatic carbocycles. The molecule has 0 N–H and O–H groups in total. The summed E-state index contributed by atoms with van der Waals surface area (Å²) in [6.07, 6.45) is 5.03. The maximum absolute atomic E-state index is 13.1. The van der Waals surface area contributed by atoms with Crippen molar-refractivity contribution in [1.82, 2.24) is 4.90 Å². The number of amides is 1. The first-order valence-corrected chi connectivity index (χ1v) is 10.4. The highest BCUT2D eigenvalue weighted by molar-refractivity contribution is 5.78. The molecule has 1 aliphatic carbocycles. The van der Waals surface area contributed by atoms with E-state index in [0.29, 0.717) is 24.8 Å². The van der Waals surface area contributed by atoms with Crippen LogP contribution < -0.4 is 0 Å². The van der Waals surface area contributed by atoms with Crippen molar-refractivity contribution in [1.29, 1.82) is 0 Å². The topological polar surface area (TPSA) is 48.0 Å². The molecule has 1 spiro atoms. The summed E-state index contributed by atoms with van der Waals surface area (Å²) in [4.78, 5) is 27.1. The average Bonchev–Trinajstić information content (AvgIpc) is 2.90. The standard InChI is InChI=1S/C22H29NO4/c1-15-8-9-17-14-19(24)23(13-11-16-6-4-3-5-7-16)20-22(17)18(15)10-12-21(2,25-20)26-27-22/h3-7,15,17-18,20H,8-14H2,1-2H3/t15-,17-,18-,20-,21+,22+/m0/s1. The maximum atomic E-state index is 13.1. The fraction of sp³-hybridized carbons (Fsp3) is 0.682. The summed E-state index contributed by atoms with van der Waals surface area (Å²) in [5.74, 6) is 0.546. The van der Waals surface area contributed by atoms with Gasteiger partial charge in [0.25, 0.3) is 0 Å². The first kappa shape index (κ1) is 17.7. The number of piperidine rings is 1. The van der Waals surface area contributed by atoms with Crippen molar-refractivity contribution < 1.29 is 19.3 Å². The highest BCUT2D eigenvalue weighted by Gasteiger charge is 2.68. The van der Waals surface area contributed by atoms with E-state index >= 15 is 0 Å². The van der Waals surface area contributed by atoms with Crippen LogP contribution in [0.25, 0.3) is 0 Å². The predicted octanol–water partition coefficient (Wildman–Crippen LogP) is 3.68. The molecule has 2 bridgehead atoms. The lowest BCUT2D eigenvalue weighted by Crippen LogP contribution is -2.73. The van der Waals surface area contributed by atoms with Crippen LogP contribution in [0.4, 0.5) is 0 Å². The van der Waals surface area contributed by atoms with E-state index in [0.717, 1.165) is 32.1 Å². The van der Waals surface area contributed by atoms with Gasteiger partial charge in [0.1, 0.15) is 0 Å². The van der Waals surface area contributed by atoms with Crippen molar-refractivity contribution in [3.05, 3.63) is 35.9 Å². The van der Waals surface area contributed by atoms with E-state index in [9.17, 15) is 4.79 Å². The second-order valence-electron chi connectivity index (χ2n) is 9.05. The van der Waals surface area contributed by atoms with Gasteiger partial charge in [-0.3, -0.25) is 4.79 Å². The Hall–Kier alpha value is -1.43. The molecule has 6 rings (SSSR count). The van der Waals surface area contributed by atoms with E-state index in [1.807, 2.05) is 30.0 Å². The lowest BCUT2D eigenvalue weighted by molar-refractivity contribution is -0.545. The summed E-state index contributed by atoms with van der Waals surface area (Å²) in [6.45, 7) is 4.93. The van der Waals surface area contributed by atoms with Gasteiger partial charge in [0.2, 0.25) is 11.7 Å². The summed E-state index contributed by atoms with van der Waals surface area (Å²) in [5.41, 5.74) is 0.721. The third-order valence-corrected chi connectivity index (χ3v) is 7.40. The highest BCUT2D eigenvalue weighted by atomic mass is 17.3. The van der Waals surface area contributed by atoms with Crippen LogP contribution in [0.3, 0.4) is 0 Å². The summed E-state index contributed by atoms with van der Waals surface area (Å²) >= 11 is 0. The quantitative estimate of drug-likeness (QED) is 0.761. The molecule has 146 valence electrons. The van der Waals surface area contributed by atoms with Crippen molar-refractivity contribution in [3.63, 3.8) is 0 Å². The van der Waals surface area contributed by atoms with Crippen molar-refractivity contribution >= 4 is 5.91 Å². The van der Waals surface area contributed by atoms with E-state index in [4.69, 9.17) is 14.5 Å². The molecule has 6 atom stereocenters. The molecule has 0 unspecified atom stereocenters. The van der Waals surface area contributed by atoms with Crippen LogP contribution in [0, 0.1) is 17.8 Å². The SMILES string of the molecule is C[C@H]1CC[C@H]2CC(=O)N(CCc3ccccc3)[C@H]3O[C@@]4(C)CC[C@@H]1[C@]23OO4. The van der Waals surface area contributed by atoms with Gasteiger partial charge < -0.3 is 9.64 Å². The zero-order valence-electron chi connectivity index (χ0n) is 16.2. The number of carbonyl (C=O) groups excluding carboxylic acids is 1. The molecular weight excluding hydrogens is 342 g/mol. The van der Waals surface area contributed by atoms with E-state index in [1.54, 1.807) is 0 Å². The lowest BCUT2D eigenvalue weighted by Gasteiger charge is -2.60. The van der Waals surface area contributed by atoms with Crippen LogP contribution in [-0.4, -0.2) is 35.0 Å². The normalized spacial score (nSPS) is 43.3. The molecule has 5 aliphatic rings. The van der Waals surface area contributed by atoms with Crippen molar-refractivity contribution in [2.45, 2.75) is 70.0 Å². The molecule has 4 aliphatic heterocycles. The first-order chi connectivity index (χ1) is 13.0. The monoisotopic (exact) mass is 371 g/mol. The smallest absolute Gasteiger partial charge is 0.225 e. The fourth-order valence-corrected chi connectivity index (χ4v) is 5.89. The summed E-state index contributed by atoms with van der Waals surface area (Å²) < 4.78 is 6.51. The van der Waals surface area contributed by atoms with Gasteiger partial charge in [-0.15, -0.1) is 0 Å². The largest absolute Gasteiger partial charge is 0.321 e. The number of likely N-dealkylation sites (tertiary alicyclic amines) is 1. The zero-order chi connectivity index (χ0) is 18.6. The Balaban J connectivity index is 1.49. The minimum Gasteiger partial charge on any atom is -0.321 e. The number of nitrogens with zero attached hydrogens (tertiary/aromatic N) is 1. The Kier molecular flexibility index (Phi) is 4.12. The number of rotatable bonds is 3. The molecule has 5 nitrogen and oxygen atoms in total. The molecule has 4 saturated heterocycles. The van der Waals surface area contributed by atoms with Gasteiger partial charge in [-0.2, -0.15) is 0 Å². The van der Waals surface area contributed by atoms with E-state index in [-0.39, 0.29) is 18.1 Å². The Bertz CT molecular complexity index is 720. The van der Waals surface area contributed by atoms with Crippen LogP contribution in [-0.2, 0) is 25.7 Å². The molecule has 0 radical (unpaired) electrons. The first-order valence-electron chi connectivity index (χ1n) is 10.4. The second kappa shape index (κ2) is 6.29. The minimum atomic E-state index is -0.764.